The van der Waals surface area contributed by atoms with E-state index in [1.54, 1.807) is 18.2 Å². The maximum absolute atomic E-state index is 12.2. The Kier molecular flexibility index (Phi) is 6.95. The van der Waals surface area contributed by atoms with E-state index in [0.717, 1.165) is 13.1 Å². The summed E-state index contributed by atoms with van der Waals surface area (Å²) in [6, 6.07) is 5.35. The number of hydrogen-bond acceptors (Lipinski definition) is 4. The number of hydrogen-bond donors (Lipinski definition) is 2. The molecule has 0 aromatic heterocycles. The Balaban J connectivity index is 2.64. The SMILES string of the molecule is CCN(CC(=O)Nc1cc(N)ccc1Cl)C(C)CN(C)C. The topological polar surface area (TPSA) is 61.6 Å². The first-order valence-corrected chi connectivity index (χ1v) is 7.45. The van der Waals surface area contributed by atoms with E-state index in [2.05, 4.69) is 22.0 Å². The van der Waals surface area contributed by atoms with Gasteiger partial charge < -0.3 is 16.0 Å². The van der Waals surface area contributed by atoms with Crippen LogP contribution < -0.4 is 11.1 Å². The van der Waals surface area contributed by atoms with Crippen LogP contribution in [0, 0.1) is 0 Å². The van der Waals surface area contributed by atoms with E-state index in [1.807, 2.05) is 21.0 Å². The summed E-state index contributed by atoms with van der Waals surface area (Å²) in [5.74, 6) is -0.0880. The van der Waals surface area contributed by atoms with Crippen LogP contribution in [0.2, 0.25) is 5.02 Å². The monoisotopic (exact) mass is 312 g/mol. The first-order chi connectivity index (χ1) is 9.83. The third kappa shape index (κ3) is 5.91. The van der Waals surface area contributed by atoms with E-state index in [0.29, 0.717) is 29.0 Å². The number of likely N-dealkylation sites (N-methyl/N-ethyl adjacent to an activating group) is 2. The zero-order valence-corrected chi connectivity index (χ0v) is 13.9. The van der Waals surface area contributed by atoms with Gasteiger partial charge in [-0.25, -0.2) is 0 Å². The van der Waals surface area contributed by atoms with Gasteiger partial charge in [0.25, 0.3) is 0 Å². The summed E-state index contributed by atoms with van der Waals surface area (Å²) in [7, 11) is 4.05. The Hall–Kier alpha value is -1.30. The molecule has 1 amide bonds. The second-order valence-electron chi connectivity index (χ2n) is 5.46. The molecule has 0 heterocycles. The highest BCUT2D eigenvalue weighted by Crippen LogP contribution is 2.24. The quantitative estimate of drug-likeness (QED) is 0.757. The summed E-state index contributed by atoms with van der Waals surface area (Å²) < 4.78 is 0. The Labute approximate surface area is 132 Å². The van der Waals surface area contributed by atoms with E-state index < -0.39 is 0 Å². The second-order valence-corrected chi connectivity index (χ2v) is 5.87. The number of nitrogen functional groups attached to an aromatic ring is 1. The standard InChI is InChI=1S/C15H25ClN4O/c1-5-20(11(2)9-19(3)4)10-15(21)18-14-8-12(17)6-7-13(14)16/h6-8,11H,5,9-10,17H2,1-4H3,(H,18,21). The van der Waals surface area contributed by atoms with Gasteiger partial charge in [0.2, 0.25) is 5.91 Å². The van der Waals surface area contributed by atoms with Crippen LogP contribution in [0.4, 0.5) is 11.4 Å². The Morgan fingerprint density at radius 2 is 2.10 bits per heavy atom. The van der Waals surface area contributed by atoms with Gasteiger partial charge in [-0.15, -0.1) is 0 Å². The molecule has 0 bridgehead atoms. The zero-order chi connectivity index (χ0) is 16.0. The largest absolute Gasteiger partial charge is 0.399 e. The Morgan fingerprint density at radius 1 is 1.43 bits per heavy atom. The fourth-order valence-electron chi connectivity index (χ4n) is 2.24. The van der Waals surface area contributed by atoms with Gasteiger partial charge >= 0.3 is 0 Å². The predicted molar refractivity (Wildman–Crippen MR) is 89.8 cm³/mol. The molecule has 1 aromatic carbocycles. The average Bonchev–Trinajstić information content (AvgIpc) is 2.39. The molecular formula is C15H25ClN4O. The smallest absolute Gasteiger partial charge is 0.238 e. The Morgan fingerprint density at radius 3 is 2.67 bits per heavy atom. The molecule has 1 rings (SSSR count). The molecule has 21 heavy (non-hydrogen) atoms. The summed E-state index contributed by atoms with van der Waals surface area (Å²) in [6.45, 7) is 6.21. The van der Waals surface area contributed by atoms with Gasteiger partial charge in [0, 0.05) is 18.3 Å². The lowest BCUT2D eigenvalue weighted by molar-refractivity contribution is -0.117. The van der Waals surface area contributed by atoms with Crippen LogP contribution in [0.3, 0.4) is 0 Å². The fraction of sp³-hybridized carbons (Fsp3) is 0.533. The number of nitrogens with two attached hydrogens (primary N) is 1. The van der Waals surface area contributed by atoms with Crippen molar-refractivity contribution in [3.63, 3.8) is 0 Å². The number of anilines is 2. The maximum atomic E-state index is 12.2. The number of nitrogens with zero attached hydrogens (tertiary/aromatic N) is 2. The molecule has 118 valence electrons. The average molecular weight is 313 g/mol. The van der Waals surface area contributed by atoms with Crippen LogP contribution in [-0.2, 0) is 4.79 Å². The number of rotatable bonds is 7. The third-order valence-corrected chi connectivity index (χ3v) is 3.60. The number of amides is 1. The molecule has 1 atom stereocenters. The molecular weight excluding hydrogens is 288 g/mol. The van der Waals surface area contributed by atoms with Crippen LogP contribution in [-0.4, -0.2) is 55.5 Å². The van der Waals surface area contributed by atoms with Crippen molar-refractivity contribution in [1.29, 1.82) is 0 Å². The highest BCUT2D eigenvalue weighted by Gasteiger charge is 2.17. The summed E-state index contributed by atoms with van der Waals surface area (Å²) in [5, 5.41) is 3.31. The number of nitrogens with one attached hydrogen (secondary N) is 1. The van der Waals surface area contributed by atoms with Crippen molar-refractivity contribution in [3.05, 3.63) is 23.2 Å². The van der Waals surface area contributed by atoms with Gasteiger partial charge in [0.15, 0.2) is 0 Å². The molecule has 6 heteroatoms. The lowest BCUT2D eigenvalue weighted by Gasteiger charge is -2.29. The van der Waals surface area contributed by atoms with Crippen LogP contribution in [0.25, 0.3) is 0 Å². The first-order valence-electron chi connectivity index (χ1n) is 7.07. The summed E-state index contributed by atoms with van der Waals surface area (Å²) in [4.78, 5) is 16.4. The fourth-order valence-corrected chi connectivity index (χ4v) is 2.40. The predicted octanol–water partition coefficient (Wildman–Crippen LogP) is 2.13. The van der Waals surface area contributed by atoms with Gasteiger partial charge in [0.1, 0.15) is 0 Å². The van der Waals surface area contributed by atoms with E-state index in [4.69, 9.17) is 17.3 Å². The minimum Gasteiger partial charge on any atom is -0.399 e. The normalized spacial score (nSPS) is 12.7. The molecule has 5 nitrogen and oxygen atoms in total. The lowest BCUT2D eigenvalue weighted by Crippen LogP contribution is -2.43. The molecule has 0 saturated carbocycles. The van der Waals surface area contributed by atoms with Crippen LogP contribution >= 0.6 is 11.6 Å². The van der Waals surface area contributed by atoms with Crippen molar-refractivity contribution in [2.45, 2.75) is 19.9 Å². The lowest BCUT2D eigenvalue weighted by atomic mass is 10.2. The zero-order valence-electron chi connectivity index (χ0n) is 13.2. The molecule has 0 saturated heterocycles. The van der Waals surface area contributed by atoms with Crippen LogP contribution in [0.15, 0.2) is 18.2 Å². The number of carbonyl (C=O) groups is 1. The van der Waals surface area contributed by atoms with Crippen molar-refractivity contribution < 1.29 is 4.79 Å². The summed E-state index contributed by atoms with van der Waals surface area (Å²) >= 11 is 6.05. The molecule has 3 N–H and O–H groups in total. The van der Waals surface area contributed by atoms with Crippen molar-refractivity contribution in [2.24, 2.45) is 0 Å². The van der Waals surface area contributed by atoms with Gasteiger partial charge in [-0.1, -0.05) is 18.5 Å². The van der Waals surface area contributed by atoms with Gasteiger partial charge in [-0.05, 0) is 45.8 Å². The van der Waals surface area contributed by atoms with E-state index in [-0.39, 0.29) is 5.91 Å². The molecule has 0 aliphatic carbocycles. The highest BCUT2D eigenvalue weighted by atomic mass is 35.5. The maximum Gasteiger partial charge on any atom is 0.238 e. The van der Waals surface area contributed by atoms with Crippen LogP contribution in [0.5, 0.6) is 0 Å². The third-order valence-electron chi connectivity index (χ3n) is 3.27. The minimum absolute atomic E-state index is 0.0880. The van der Waals surface area contributed by atoms with Gasteiger partial charge in [-0.3, -0.25) is 9.69 Å². The van der Waals surface area contributed by atoms with Crippen molar-refractivity contribution in [2.75, 3.05) is 44.8 Å². The molecule has 1 unspecified atom stereocenters. The van der Waals surface area contributed by atoms with E-state index in [9.17, 15) is 4.79 Å². The van der Waals surface area contributed by atoms with Crippen molar-refractivity contribution >= 4 is 28.9 Å². The second kappa shape index (κ2) is 8.22. The Bertz CT molecular complexity index is 479. The first kappa shape index (κ1) is 17.8. The van der Waals surface area contributed by atoms with Crippen molar-refractivity contribution in [3.8, 4) is 0 Å². The van der Waals surface area contributed by atoms with E-state index >= 15 is 0 Å². The van der Waals surface area contributed by atoms with E-state index in [1.165, 1.54) is 0 Å². The highest BCUT2D eigenvalue weighted by molar-refractivity contribution is 6.33. The van der Waals surface area contributed by atoms with Crippen LogP contribution in [0.1, 0.15) is 13.8 Å². The number of carbonyl (C=O) groups excluding carboxylic acids is 1. The van der Waals surface area contributed by atoms with Gasteiger partial charge in [-0.2, -0.15) is 0 Å². The molecule has 0 aliphatic rings. The molecule has 0 fully saturated rings. The number of halogens is 1. The minimum atomic E-state index is -0.0880. The molecule has 0 radical (unpaired) electrons. The number of benzene rings is 1. The van der Waals surface area contributed by atoms with Crippen molar-refractivity contribution in [1.82, 2.24) is 9.80 Å². The summed E-state index contributed by atoms with van der Waals surface area (Å²) in [5.41, 5.74) is 6.83. The molecule has 0 spiro atoms. The summed E-state index contributed by atoms with van der Waals surface area (Å²) in [6.07, 6.45) is 0. The van der Waals surface area contributed by atoms with Gasteiger partial charge in [0.05, 0.1) is 17.3 Å². The molecule has 1 aromatic rings. The molecule has 0 aliphatic heterocycles.